The molecule has 2 amide bonds. The summed E-state index contributed by atoms with van der Waals surface area (Å²) in [6.45, 7) is 5.31. The van der Waals surface area contributed by atoms with E-state index < -0.39 is 0 Å². The van der Waals surface area contributed by atoms with Crippen molar-refractivity contribution in [3.63, 3.8) is 0 Å². The highest BCUT2D eigenvalue weighted by Gasteiger charge is 2.48. The fourth-order valence-electron chi connectivity index (χ4n) is 4.29. The van der Waals surface area contributed by atoms with E-state index in [0.29, 0.717) is 31.0 Å². The molecule has 0 unspecified atom stereocenters. The van der Waals surface area contributed by atoms with Crippen LogP contribution in [0.5, 0.6) is 5.88 Å². The molecule has 28 heavy (non-hydrogen) atoms. The van der Waals surface area contributed by atoms with Crippen LogP contribution in [0.15, 0.2) is 30.7 Å². The Balaban J connectivity index is 1.52. The van der Waals surface area contributed by atoms with Crippen LogP contribution < -0.4 is 4.74 Å². The van der Waals surface area contributed by atoms with Crippen LogP contribution in [0.4, 0.5) is 0 Å². The largest absolute Gasteiger partial charge is 0.481 e. The van der Waals surface area contributed by atoms with Gasteiger partial charge < -0.3 is 19.1 Å². The molecule has 4 heterocycles. The molecule has 2 aromatic rings. The average molecular weight is 383 g/mol. The number of pyridine rings is 1. The number of hydrogen-bond acceptors (Lipinski definition) is 5. The molecule has 148 valence electrons. The predicted octanol–water partition coefficient (Wildman–Crippen LogP) is 1.88. The molecule has 0 aliphatic carbocycles. The summed E-state index contributed by atoms with van der Waals surface area (Å²) < 4.78 is 7.21. The number of methoxy groups -OCH3 is 1. The number of rotatable bonds is 5. The molecule has 0 N–H and O–H groups in total. The molecule has 2 fully saturated rings. The Kier molecular flexibility index (Phi) is 4.78. The highest BCUT2D eigenvalue weighted by Crippen LogP contribution is 2.34. The van der Waals surface area contributed by atoms with Gasteiger partial charge in [-0.05, 0) is 26.3 Å². The average Bonchev–Trinajstić information content (AvgIpc) is 3.38. The van der Waals surface area contributed by atoms with E-state index in [2.05, 4.69) is 28.4 Å². The van der Waals surface area contributed by atoms with Crippen molar-refractivity contribution in [2.45, 2.75) is 51.4 Å². The van der Waals surface area contributed by atoms with Crippen LogP contribution in [-0.4, -0.2) is 61.9 Å². The number of carbonyl (C=O) groups is 2. The van der Waals surface area contributed by atoms with Gasteiger partial charge in [-0.3, -0.25) is 9.59 Å². The molecule has 2 aliphatic heterocycles. The SMILES string of the molecule is COc1cc(C(=O)N2CC[C@H]3[C@@H]2CC(=O)N3Cc2nccn2C(C)C)ccn1. The molecule has 8 heteroatoms. The van der Waals surface area contributed by atoms with Crippen LogP contribution in [-0.2, 0) is 11.3 Å². The van der Waals surface area contributed by atoms with Gasteiger partial charge in [-0.1, -0.05) is 0 Å². The Bertz CT molecular complexity index is 893. The van der Waals surface area contributed by atoms with E-state index in [-0.39, 0.29) is 29.9 Å². The second-order valence-electron chi connectivity index (χ2n) is 7.58. The third-order valence-corrected chi connectivity index (χ3v) is 5.68. The van der Waals surface area contributed by atoms with Crippen molar-refractivity contribution in [3.8, 4) is 5.88 Å². The van der Waals surface area contributed by atoms with Gasteiger partial charge in [-0.25, -0.2) is 9.97 Å². The van der Waals surface area contributed by atoms with Gasteiger partial charge in [0.2, 0.25) is 11.8 Å². The second-order valence-corrected chi connectivity index (χ2v) is 7.58. The number of carbonyl (C=O) groups excluding carboxylic acids is 2. The molecule has 2 aromatic heterocycles. The minimum Gasteiger partial charge on any atom is -0.481 e. The second kappa shape index (κ2) is 7.26. The lowest BCUT2D eigenvalue weighted by atomic mass is 10.1. The van der Waals surface area contributed by atoms with Crippen molar-refractivity contribution in [1.82, 2.24) is 24.3 Å². The summed E-state index contributed by atoms with van der Waals surface area (Å²) in [5.74, 6) is 1.29. The number of imidazole rings is 1. The van der Waals surface area contributed by atoms with E-state index >= 15 is 0 Å². The summed E-state index contributed by atoms with van der Waals surface area (Å²) in [6.07, 6.45) is 6.43. The smallest absolute Gasteiger partial charge is 0.254 e. The maximum Gasteiger partial charge on any atom is 0.254 e. The Hall–Kier alpha value is -2.90. The highest BCUT2D eigenvalue weighted by molar-refractivity contribution is 5.95. The third kappa shape index (κ3) is 3.12. The molecule has 0 spiro atoms. The first-order valence-corrected chi connectivity index (χ1v) is 9.61. The summed E-state index contributed by atoms with van der Waals surface area (Å²) in [5.41, 5.74) is 0.536. The highest BCUT2D eigenvalue weighted by atomic mass is 16.5. The molecule has 0 saturated carbocycles. The number of fused-ring (bicyclic) bond motifs is 1. The van der Waals surface area contributed by atoms with Gasteiger partial charge in [0.05, 0.1) is 25.7 Å². The van der Waals surface area contributed by atoms with Crippen molar-refractivity contribution in [2.75, 3.05) is 13.7 Å². The quantitative estimate of drug-likeness (QED) is 0.788. The van der Waals surface area contributed by atoms with Gasteiger partial charge in [0.25, 0.3) is 5.91 Å². The van der Waals surface area contributed by atoms with Crippen molar-refractivity contribution in [3.05, 3.63) is 42.1 Å². The predicted molar refractivity (Wildman–Crippen MR) is 102 cm³/mol. The van der Waals surface area contributed by atoms with E-state index in [1.54, 1.807) is 24.5 Å². The summed E-state index contributed by atoms with van der Waals surface area (Å²) >= 11 is 0. The van der Waals surface area contributed by atoms with Crippen molar-refractivity contribution in [2.24, 2.45) is 0 Å². The lowest BCUT2D eigenvalue weighted by Gasteiger charge is -2.26. The molecule has 0 radical (unpaired) electrons. The minimum absolute atomic E-state index is 0.0393. The van der Waals surface area contributed by atoms with Crippen LogP contribution in [0.25, 0.3) is 0 Å². The minimum atomic E-state index is -0.0957. The molecule has 2 saturated heterocycles. The van der Waals surface area contributed by atoms with Gasteiger partial charge in [-0.2, -0.15) is 0 Å². The fourth-order valence-corrected chi connectivity index (χ4v) is 4.29. The zero-order chi connectivity index (χ0) is 19.8. The molecular formula is C20H25N5O3. The van der Waals surface area contributed by atoms with Crippen molar-refractivity contribution < 1.29 is 14.3 Å². The topological polar surface area (TPSA) is 80.6 Å². The summed E-state index contributed by atoms with van der Waals surface area (Å²) in [4.78, 5) is 38.0. The monoisotopic (exact) mass is 383 g/mol. The van der Waals surface area contributed by atoms with Gasteiger partial charge in [0, 0.05) is 49.2 Å². The maximum atomic E-state index is 13.0. The van der Waals surface area contributed by atoms with E-state index in [4.69, 9.17) is 4.74 Å². The van der Waals surface area contributed by atoms with E-state index in [0.717, 1.165) is 12.2 Å². The Morgan fingerprint density at radius 2 is 2.11 bits per heavy atom. The number of ether oxygens (including phenoxy) is 1. The van der Waals surface area contributed by atoms with Crippen LogP contribution >= 0.6 is 0 Å². The first kappa shape index (κ1) is 18.5. The number of aromatic nitrogens is 3. The van der Waals surface area contributed by atoms with Gasteiger partial charge in [0.15, 0.2) is 0 Å². The lowest BCUT2D eigenvalue weighted by Crippen LogP contribution is -2.40. The van der Waals surface area contributed by atoms with E-state index in [9.17, 15) is 9.59 Å². The molecule has 2 atom stereocenters. The zero-order valence-electron chi connectivity index (χ0n) is 16.4. The molecule has 8 nitrogen and oxygen atoms in total. The zero-order valence-corrected chi connectivity index (χ0v) is 16.4. The molecule has 0 aromatic carbocycles. The van der Waals surface area contributed by atoms with E-state index in [1.165, 1.54) is 7.11 Å². The standard InChI is InChI=1S/C20H25N5O3/c1-13(2)23-9-7-21-17(23)12-25-15-5-8-24(16(15)11-19(25)26)20(27)14-4-6-22-18(10-14)28-3/h4,6-7,9-10,13,15-16H,5,8,11-12H2,1-3H3/t15-,16-/m0/s1. The van der Waals surface area contributed by atoms with Crippen LogP contribution in [0.3, 0.4) is 0 Å². The number of hydrogen-bond donors (Lipinski definition) is 0. The summed E-state index contributed by atoms with van der Waals surface area (Å²) in [7, 11) is 1.52. The van der Waals surface area contributed by atoms with Crippen LogP contribution in [0.1, 0.15) is 48.9 Å². The molecular weight excluding hydrogens is 358 g/mol. The first-order chi connectivity index (χ1) is 13.5. The molecule has 4 rings (SSSR count). The van der Waals surface area contributed by atoms with E-state index in [1.807, 2.05) is 16.0 Å². The Labute approximate surface area is 164 Å². The van der Waals surface area contributed by atoms with Gasteiger partial charge in [-0.15, -0.1) is 0 Å². The fraction of sp³-hybridized carbons (Fsp3) is 0.500. The maximum absolute atomic E-state index is 13.0. The first-order valence-electron chi connectivity index (χ1n) is 9.61. The molecule has 2 aliphatic rings. The number of nitrogens with zero attached hydrogens (tertiary/aromatic N) is 5. The van der Waals surface area contributed by atoms with Gasteiger partial charge in [0.1, 0.15) is 5.82 Å². The van der Waals surface area contributed by atoms with Crippen molar-refractivity contribution in [1.29, 1.82) is 0 Å². The number of likely N-dealkylation sites (tertiary alicyclic amines) is 2. The van der Waals surface area contributed by atoms with Gasteiger partial charge >= 0.3 is 0 Å². The van der Waals surface area contributed by atoms with Crippen molar-refractivity contribution >= 4 is 11.8 Å². The van der Waals surface area contributed by atoms with Crippen LogP contribution in [0, 0.1) is 0 Å². The molecule has 0 bridgehead atoms. The lowest BCUT2D eigenvalue weighted by molar-refractivity contribution is -0.129. The third-order valence-electron chi connectivity index (χ3n) is 5.68. The van der Waals surface area contributed by atoms with Crippen LogP contribution in [0.2, 0.25) is 0 Å². The summed E-state index contributed by atoms with van der Waals surface area (Å²) in [5, 5.41) is 0. The normalized spacial score (nSPS) is 21.5. The Morgan fingerprint density at radius 1 is 1.29 bits per heavy atom. The summed E-state index contributed by atoms with van der Waals surface area (Å²) in [6, 6.07) is 3.56. The Morgan fingerprint density at radius 3 is 2.86 bits per heavy atom. The number of amides is 2.